The number of nitriles is 2. The number of hydrogen-bond donors (Lipinski definition) is 2. The van der Waals surface area contributed by atoms with E-state index in [2.05, 4.69) is 10.6 Å². The first-order valence-electron chi connectivity index (χ1n) is 7.68. The number of nitrogens with zero attached hydrogens (tertiary/aromatic N) is 3. The van der Waals surface area contributed by atoms with Gasteiger partial charge in [0.1, 0.15) is 12.1 Å². The van der Waals surface area contributed by atoms with E-state index in [1.807, 2.05) is 26.0 Å². The Hall–Kier alpha value is -2.32. The number of amides is 3. The van der Waals surface area contributed by atoms with Gasteiger partial charge in [-0.2, -0.15) is 10.5 Å². The van der Waals surface area contributed by atoms with Crippen molar-refractivity contribution in [2.45, 2.75) is 38.8 Å². The van der Waals surface area contributed by atoms with E-state index in [-0.39, 0.29) is 18.4 Å². The van der Waals surface area contributed by atoms with Crippen LogP contribution in [0.1, 0.15) is 26.7 Å². The summed E-state index contributed by atoms with van der Waals surface area (Å²) < 4.78 is 5.19. The quantitative estimate of drug-likeness (QED) is 0.732. The molecule has 1 aliphatic rings. The normalized spacial score (nSPS) is 16.8. The van der Waals surface area contributed by atoms with Gasteiger partial charge in [0.05, 0.1) is 31.8 Å². The summed E-state index contributed by atoms with van der Waals surface area (Å²) in [5.41, 5.74) is 0. The zero-order chi connectivity index (χ0) is 17.2. The Morgan fingerprint density at radius 3 is 2.39 bits per heavy atom. The summed E-state index contributed by atoms with van der Waals surface area (Å²) >= 11 is 0. The first-order valence-corrected chi connectivity index (χ1v) is 7.68. The first-order chi connectivity index (χ1) is 11.0. The molecule has 23 heavy (non-hydrogen) atoms. The van der Waals surface area contributed by atoms with Crippen molar-refractivity contribution in [2.75, 3.05) is 26.3 Å². The molecule has 0 aliphatic carbocycles. The maximum Gasteiger partial charge on any atom is 0.318 e. The van der Waals surface area contributed by atoms with E-state index in [9.17, 15) is 9.59 Å². The monoisotopic (exact) mass is 321 g/mol. The third-order valence-corrected chi connectivity index (χ3v) is 3.39. The van der Waals surface area contributed by atoms with E-state index in [1.54, 1.807) is 4.90 Å². The fraction of sp³-hybridized carbons (Fsp3) is 0.733. The van der Waals surface area contributed by atoms with E-state index in [1.165, 1.54) is 0 Å². The molecule has 1 saturated heterocycles. The predicted octanol–water partition coefficient (Wildman–Crippen LogP) is 0.365. The first kappa shape index (κ1) is 18.7. The van der Waals surface area contributed by atoms with Gasteiger partial charge in [-0.3, -0.25) is 4.79 Å². The van der Waals surface area contributed by atoms with E-state index >= 15 is 0 Å². The number of ether oxygens (including phenoxy) is 1. The van der Waals surface area contributed by atoms with Crippen LogP contribution in [0.3, 0.4) is 0 Å². The van der Waals surface area contributed by atoms with Crippen molar-refractivity contribution in [1.82, 2.24) is 15.5 Å². The van der Waals surface area contributed by atoms with Crippen LogP contribution in [0.2, 0.25) is 0 Å². The number of carbonyl (C=O) groups excluding carboxylic acids is 2. The lowest BCUT2D eigenvalue weighted by Gasteiger charge is -2.29. The summed E-state index contributed by atoms with van der Waals surface area (Å²) in [5.74, 6) is -0.255. The van der Waals surface area contributed by atoms with Crippen LogP contribution in [0.15, 0.2) is 0 Å². The highest BCUT2D eigenvalue weighted by atomic mass is 16.5. The minimum atomic E-state index is -0.873. The Bertz CT molecular complexity index is 488. The van der Waals surface area contributed by atoms with Gasteiger partial charge in [0.2, 0.25) is 5.91 Å². The van der Waals surface area contributed by atoms with E-state index in [0.29, 0.717) is 32.7 Å². The Morgan fingerprint density at radius 1 is 1.22 bits per heavy atom. The van der Waals surface area contributed by atoms with Gasteiger partial charge < -0.3 is 20.3 Å². The van der Waals surface area contributed by atoms with Crippen molar-refractivity contribution in [3.8, 4) is 12.1 Å². The molecule has 0 bridgehead atoms. The maximum absolute atomic E-state index is 12.3. The Morgan fingerprint density at radius 2 is 1.87 bits per heavy atom. The molecule has 1 aliphatic heterocycles. The number of hydrogen-bond acceptors (Lipinski definition) is 5. The molecular weight excluding hydrogens is 298 g/mol. The molecule has 2 N–H and O–H groups in total. The maximum atomic E-state index is 12.3. The Labute approximate surface area is 136 Å². The average molecular weight is 321 g/mol. The van der Waals surface area contributed by atoms with Crippen molar-refractivity contribution in [2.24, 2.45) is 5.92 Å². The molecule has 1 rings (SSSR count). The number of morpholine rings is 1. The van der Waals surface area contributed by atoms with E-state index in [4.69, 9.17) is 15.3 Å². The standard InChI is InChI=1S/C15H23N5O3/c1-11(2)9-13(14(21)18-12(10-17)3-4-16)19-15(22)20-5-7-23-8-6-20/h11-13H,3,5-9H2,1-2H3,(H,18,21)(H,19,22). The van der Waals surface area contributed by atoms with Crippen LogP contribution in [-0.2, 0) is 9.53 Å². The van der Waals surface area contributed by atoms with Gasteiger partial charge in [0, 0.05) is 13.1 Å². The molecule has 0 radical (unpaired) electrons. The molecule has 126 valence electrons. The number of nitrogens with one attached hydrogen (secondary N) is 2. The molecule has 3 amide bonds. The van der Waals surface area contributed by atoms with Gasteiger partial charge in [0.15, 0.2) is 0 Å². The molecule has 0 aromatic rings. The van der Waals surface area contributed by atoms with Crippen LogP contribution in [0.5, 0.6) is 0 Å². The predicted molar refractivity (Wildman–Crippen MR) is 81.9 cm³/mol. The van der Waals surface area contributed by atoms with Crippen molar-refractivity contribution in [3.05, 3.63) is 0 Å². The molecule has 2 atom stereocenters. The van der Waals surface area contributed by atoms with Crippen LogP contribution >= 0.6 is 0 Å². The van der Waals surface area contributed by atoms with Crippen LogP contribution in [0, 0.1) is 28.6 Å². The number of carbonyl (C=O) groups is 2. The zero-order valence-electron chi connectivity index (χ0n) is 13.5. The average Bonchev–Trinajstić information content (AvgIpc) is 2.54. The second kappa shape index (κ2) is 9.65. The van der Waals surface area contributed by atoms with Gasteiger partial charge in [-0.1, -0.05) is 13.8 Å². The lowest BCUT2D eigenvalue weighted by molar-refractivity contribution is -0.123. The third kappa shape index (κ3) is 6.54. The molecule has 0 aromatic carbocycles. The van der Waals surface area contributed by atoms with Crippen LogP contribution in [-0.4, -0.2) is 55.2 Å². The van der Waals surface area contributed by atoms with Crippen molar-refractivity contribution >= 4 is 11.9 Å². The summed E-state index contributed by atoms with van der Waals surface area (Å²) in [7, 11) is 0. The molecule has 8 heteroatoms. The lowest BCUT2D eigenvalue weighted by Crippen LogP contribution is -2.54. The summed E-state index contributed by atoms with van der Waals surface area (Å²) in [6.07, 6.45) is 0.362. The summed E-state index contributed by atoms with van der Waals surface area (Å²) in [6, 6.07) is 1.79. The van der Waals surface area contributed by atoms with Crippen LogP contribution < -0.4 is 10.6 Å². The molecule has 2 unspecified atom stereocenters. The molecule has 8 nitrogen and oxygen atoms in total. The smallest absolute Gasteiger partial charge is 0.318 e. The summed E-state index contributed by atoms with van der Waals surface area (Å²) in [5, 5.41) is 22.8. The molecule has 0 spiro atoms. The second-order valence-corrected chi connectivity index (χ2v) is 5.78. The highest BCUT2D eigenvalue weighted by Crippen LogP contribution is 2.07. The van der Waals surface area contributed by atoms with Gasteiger partial charge >= 0.3 is 6.03 Å². The summed E-state index contributed by atoms with van der Waals surface area (Å²) in [4.78, 5) is 26.1. The molecule has 0 saturated carbocycles. The van der Waals surface area contributed by atoms with Gasteiger partial charge in [0.25, 0.3) is 0 Å². The third-order valence-electron chi connectivity index (χ3n) is 3.39. The van der Waals surface area contributed by atoms with Crippen molar-refractivity contribution in [3.63, 3.8) is 0 Å². The van der Waals surface area contributed by atoms with Gasteiger partial charge in [-0.15, -0.1) is 0 Å². The number of urea groups is 1. The number of rotatable bonds is 6. The fourth-order valence-electron chi connectivity index (χ4n) is 2.20. The zero-order valence-corrected chi connectivity index (χ0v) is 13.5. The molecule has 1 heterocycles. The molecular formula is C15H23N5O3. The highest BCUT2D eigenvalue weighted by molar-refractivity contribution is 5.87. The minimum absolute atomic E-state index is 0.0892. The van der Waals surface area contributed by atoms with E-state index < -0.39 is 18.0 Å². The SMILES string of the molecule is CC(C)CC(NC(=O)N1CCOCC1)C(=O)NC(C#N)CC#N. The second-order valence-electron chi connectivity index (χ2n) is 5.78. The molecule has 0 aromatic heterocycles. The summed E-state index contributed by atoms with van der Waals surface area (Å²) in [6.45, 7) is 5.81. The van der Waals surface area contributed by atoms with Crippen molar-refractivity contribution in [1.29, 1.82) is 10.5 Å². The van der Waals surface area contributed by atoms with Crippen molar-refractivity contribution < 1.29 is 14.3 Å². The largest absolute Gasteiger partial charge is 0.378 e. The van der Waals surface area contributed by atoms with Gasteiger partial charge in [-0.25, -0.2) is 4.79 Å². The molecule has 1 fully saturated rings. The highest BCUT2D eigenvalue weighted by Gasteiger charge is 2.26. The van der Waals surface area contributed by atoms with E-state index in [0.717, 1.165) is 0 Å². The minimum Gasteiger partial charge on any atom is -0.378 e. The van der Waals surface area contributed by atoms with Gasteiger partial charge in [-0.05, 0) is 12.3 Å². The van der Waals surface area contributed by atoms with Crippen LogP contribution in [0.25, 0.3) is 0 Å². The Balaban J connectivity index is 2.67. The Kier molecular flexibility index (Phi) is 7.86. The lowest BCUT2D eigenvalue weighted by atomic mass is 10.0. The van der Waals surface area contributed by atoms with Crippen LogP contribution in [0.4, 0.5) is 4.79 Å². The topological polar surface area (TPSA) is 118 Å². The fourth-order valence-corrected chi connectivity index (χ4v) is 2.20.